The van der Waals surface area contributed by atoms with Crippen LogP contribution in [0.4, 0.5) is 0 Å². The molecule has 3 atom stereocenters. The number of hydrogen-bond acceptors (Lipinski definition) is 9. The summed E-state index contributed by atoms with van der Waals surface area (Å²) in [5, 5.41) is 32.4. The van der Waals surface area contributed by atoms with Crippen LogP contribution in [0, 0.1) is 17.8 Å². The van der Waals surface area contributed by atoms with Crippen LogP contribution >= 0.6 is 0 Å². The second-order valence-corrected chi connectivity index (χ2v) is 21.6. The maximum absolute atomic E-state index is 11.1. The topological polar surface area (TPSA) is 172 Å². The molecule has 0 saturated heterocycles. The van der Waals surface area contributed by atoms with Gasteiger partial charge >= 0.3 is 17.4 Å². The number of carboxylic acids is 3. The van der Waals surface area contributed by atoms with E-state index in [9.17, 15) is 44.1 Å². The van der Waals surface area contributed by atoms with Crippen LogP contribution in [0.1, 0.15) is 330 Å². The summed E-state index contributed by atoms with van der Waals surface area (Å²) in [6, 6.07) is 0. The number of Topliss-reactive ketones (excluding diaryl/α,β-unsaturated/α-hetero) is 3. The molecule has 3 unspecified atom stereocenters. The fraction of sp³-hybridized carbons (Fsp3) is 0.818. The van der Waals surface area contributed by atoms with Gasteiger partial charge in [0.25, 0.3) is 0 Å². The molecule has 0 N–H and O–H groups in total. The number of aliphatic carboxylic acids is 3. The molecule has 0 aliphatic rings. The van der Waals surface area contributed by atoms with Gasteiger partial charge in [-0.25, -0.2) is 0 Å². The molecule has 0 bridgehead atoms. The van der Waals surface area contributed by atoms with Crippen molar-refractivity contribution < 1.29 is 44.1 Å². The van der Waals surface area contributed by atoms with Crippen LogP contribution in [0.3, 0.4) is 0 Å². The van der Waals surface area contributed by atoms with E-state index in [1.54, 1.807) is 0 Å². The van der Waals surface area contributed by atoms with E-state index in [1.807, 2.05) is 0 Å². The van der Waals surface area contributed by atoms with Gasteiger partial charge in [0, 0.05) is 0 Å². The Balaban J connectivity index is -0.000000508. The number of carbonyl (C=O) groups is 6. The van der Waals surface area contributed by atoms with E-state index >= 15 is 0 Å². The molecule has 0 radical (unpaired) electrons. The van der Waals surface area contributed by atoms with Gasteiger partial charge in [0.2, 0.25) is 0 Å². The standard InChI is InChI=1S/3C22H40O3.Al/c3*1-3-4-5-6-7-8-9-10-11-12-13-14-15-16-17-18-19-21(20(2)23)22(24)25;/h3*10-11,21H,3-9,12-19H2,1-2H3,(H,24,25);/q;;;+3/p-3. The maximum Gasteiger partial charge on any atom is 3.00 e. The monoisotopic (exact) mass is 1080 g/mol. The molecule has 0 heterocycles. The average Bonchev–Trinajstić information content (AvgIpc) is 3.36. The van der Waals surface area contributed by atoms with Gasteiger partial charge < -0.3 is 29.7 Å². The van der Waals surface area contributed by atoms with Crippen molar-refractivity contribution in [3.05, 3.63) is 36.5 Å². The van der Waals surface area contributed by atoms with Gasteiger partial charge in [-0.2, -0.15) is 0 Å². The van der Waals surface area contributed by atoms with Gasteiger partial charge in [-0.1, -0.05) is 250 Å². The van der Waals surface area contributed by atoms with Crippen LogP contribution in [0.15, 0.2) is 36.5 Å². The number of unbranched alkanes of at least 4 members (excludes halogenated alkanes) is 36. The van der Waals surface area contributed by atoms with Crippen molar-refractivity contribution in [2.45, 2.75) is 330 Å². The SMILES string of the molecule is CCCCCCCCC=CCCCCCCCCC(C(C)=O)C(=O)[O-].CCCCCCCCC=CCCCCCCCCC(C(C)=O)C(=O)[O-].CCCCCCCCC=CCCCCCCCCC(C(C)=O)C(=O)[O-].[Al+3]. The minimum Gasteiger partial charge on any atom is -0.549 e. The Bertz CT molecular complexity index is 1210. The first kappa shape index (κ1) is 79.7. The molecule has 0 saturated carbocycles. The number of rotatable bonds is 54. The van der Waals surface area contributed by atoms with Gasteiger partial charge in [0.15, 0.2) is 0 Å². The van der Waals surface area contributed by atoms with Crippen LogP contribution < -0.4 is 15.3 Å². The molecule has 0 aliphatic carbocycles. The fourth-order valence-corrected chi connectivity index (χ4v) is 9.25. The van der Waals surface area contributed by atoms with Crippen molar-refractivity contribution in [1.82, 2.24) is 0 Å². The van der Waals surface area contributed by atoms with Gasteiger partial charge in [-0.05, 0) is 117 Å². The van der Waals surface area contributed by atoms with Crippen LogP contribution in [0.5, 0.6) is 0 Å². The number of hydrogen-bond donors (Lipinski definition) is 0. The molecule has 0 aromatic rings. The van der Waals surface area contributed by atoms with Gasteiger partial charge in [-0.15, -0.1) is 0 Å². The van der Waals surface area contributed by atoms with Crippen LogP contribution in [0.25, 0.3) is 0 Å². The number of carboxylic acid groups (broad SMARTS) is 3. The molecule has 0 aromatic carbocycles. The molecule has 76 heavy (non-hydrogen) atoms. The fourth-order valence-electron chi connectivity index (χ4n) is 9.25. The van der Waals surface area contributed by atoms with E-state index in [1.165, 1.54) is 233 Å². The minimum atomic E-state index is -1.22. The summed E-state index contributed by atoms with van der Waals surface area (Å²) in [6.45, 7) is 10.8. The Labute approximate surface area is 479 Å². The molecule has 438 valence electrons. The summed E-state index contributed by atoms with van der Waals surface area (Å²) in [7, 11) is 0. The Morgan fingerprint density at radius 2 is 0.408 bits per heavy atom. The van der Waals surface area contributed by atoms with Crippen molar-refractivity contribution in [1.29, 1.82) is 0 Å². The van der Waals surface area contributed by atoms with Crippen LogP contribution in [-0.4, -0.2) is 52.6 Å². The van der Waals surface area contributed by atoms with E-state index in [-0.39, 0.29) is 34.7 Å². The van der Waals surface area contributed by atoms with Crippen LogP contribution in [0.2, 0.25) is 0 Å². The third-order valence-electron chi connectivity index (χ3n) is 14.3. The first-order valence-corrected chi connectivity index (χ1v) is 31.4. The number of carbonyl (C=O) groups excluding carboxylic acids is 6. The summed E-state index contributed by atoms with van der Waals surface area (Å²) in [5.41, 5.74) is 0. The van der Waals surface area contributed by atoms with E-state index in [0.29, 0.717) is 19.3 Å². The van der Waals surface area contributed by atoms with Crippen LogP contribution in [-0.2, 0) is 28.8 Å². The summed E-state index contributed by atoms with van der Waals surface area (Å²) < 4.78 is 0. The molecule has 0 amide bonds. The molecular formula is C66H117AlO9. The van der Waals surface area contributed by atoms with E-state index in [4.69, 9.17) is 0 Å². The Hall–Kier alpha value is -2.83. The van der Waals surface area contributed by atoms with Crippen molar-refractivity contribution in [2.75, 3.05) is 0 Å². The van der Waals surface area contributed by atoms with E-state index in [2.05, 4.69) is 57.2 Å². The largest absolute Gasteiger partial charge is 3.00 e. The maximum atomic E-state index is 11.1. The number of allylic oxidation sites excluding steroid dienone is 6. The summed E-state index contributed by atoms with van der Waals surface area (Å²) >= 11 is 0. The summed E-state index contributed by atoms with van der Waals surface area (Å²) in [6.07, 6.45) is 66.8. The molecule has 10 heteroatoms. The zero-order valence-electron chi connectivity index (χ0n) is 50.3. The van der Waals surface area contributed by atoms with E-state index in [0.717, 1.165) is 57.8 Å². The Morgan fingerprint density at radius 1 is 0.263 bits per heavy atom. The van der Waals surface area contributed by atoms with E-state index < -0.39 is 35.7 Å². The predicted octanol–water partition coefficient (Wildman–Crippen LogP) is 15.7. The first-order valence-electron chi connectivity index (χ1n) is 31.4. The zero-order chi connectivity index (χ0) is 56.3. The summed E-state index contributed by atoms with van der Waals surface area (Å²) in [5.74, 6) is -7.24. The van der Waals surface area contributed by atoms with Gasteiger partial charge in [0.1, 0.15) is 17.3 Å². The minimum absolute atomic E-state index is 0. The first-order chi connectivity index (χ1) is 36.3. The second kappa shape index (κ2) is 64.7. The number of ketones is 3. The van der Waals surface area contributed by atoms with Gasteiger partial charge in [-0.3, -0.25) is 14.4 Å². The molecule has 0 rings (SSSR count). The molecule has 9 nitrogen and oxygen atoms in total. The Morgan fingerprint density at radius 3 is 0.553 bits per heavy atom. The molecule has 0 fully saturated rings. The average molecular weight is 1080 g/mol. The second-order valence-electron chi connectivity index (χ2n) is 21.6. The predicted molar refractivity (Wildman–Crippen MR) is 315 cm³/mol. The molecule has 0 aliphatic heterocycles. The Kier molecular flexibility index (Phi) is 67.8. The quantitative estimate of drug-likeness (QED) is 0.0249. The third kappa shape index (κ3) is 62.0. The molecule has 0 spiro atoms. The van der Waals surface area contributed by atoms with Crippen molar-refractivity contribution >= 4 is 52.6 Å². The van der Waals surface area contributed by atoms with Crippen molar-refractivity contribution in [2.24, 2.45) is 17.8 Å². The smallest absolute Gasteiger partial charge is 0.549 e. The third-order valence-corrected chi connectivity index (χ3v) is 14.3. The zero-order valence-corrected chi connectivity index (χ0v) is 51.4. The molecule has 0 aromatic heterocycles. The summed E-state index contributed by atoms with van der Waals surface area (Å²) in [4.78, 5) is 65.8. The van der Waals surface area contributed by atoms with Crippen molar-refractivity contribution in [3.8, 4) is 0 Å². The molecular weight excluding hydrogens is 964 g/mol. The van der Waals surface area contributed by atoms with Gasteiger partial charge in [0.05, 0.1) is 35.7 Å². The van der Waals surface area contributed by atoms with Crippen molar-refractivity contribution in [3.63, 3.8) is 0 Å². The normalized spacial score (nSPS) is 12.4.